The highest BCUT2D eigenvalue weighted by atomic mass is 15.1. The van der Waals surface area contributed by atoms with Gasteiger partial charge in [0.15, 0.2) is 0 Å². The molecule has 0 fully saturated rings. The first-order chi connectivity index (χ1) is 30.3. The minimum atomic E-state index is -0.0675. The molecule has 0 atom stereocenters. The SMILES string of the molecule is C.CC1(C)c2ccccc2-c2cc(N(c3ccc(-c4ccc5c6ccccc6n(-c6ccccc6)c5c4)cc3)c3cccc(-c4cccc5c4-c4ccccc4C5(C)C)c3)ccc21. The van der Waals surface area contributed by atoms with Gasteiger partial charge in [0.05, 0.1) is 11.0 Å². The monoisotopic (exact) mass is 810 g/mol. The van der Waals surface area contributed by atoms with Crippen LogP contribution in [0.3, 0.4) is 0 Å². The van der Waals surface area contributed by atoms with Gasteiger partial charge in [-0.1, -0.05) is 181 Å². The first-order valence-corrected chi connectivity index (χ1v) is 21.8. The Kier molecular flexibility index (Phi) is 8.75. The van der Waals surface area contributed by atoms with E-state index in [2.05, 4.69) is 243 Å². The largest absolute Gasteiger partial charge is 0.310 e. The topological polar surface area (TPSA) is 8.17 Å². The fourth-order valence-corrected chi connectivity index (χ4v) is 10.9. The molecule has 2 heteroatoms. The number of nitrogens with zero attached hydrogens (tertiary/aromatic N) is 2. The van der Waals surface area contributed by atoms with Crippen molar-refractivity contribution in [2.24, 2.45) is 0 Å². The van der Waals surface area contributed by atoms with Crippen LogP contribution in [0.25, 0.3) is 72.0 Å². The van der Waals surface area contributed by atoms with Gasteiger partial charge in [0.2, 0.25) is 0 Å². The van der Waals surface area contributed by atoms with Crippen LogP contribution in [0.2, 0.25) is 0 Å². The molecule has 0 spiro atoms. The highest BCUT2D eigenvalue weighted by Crippen LogP contribution is 2.53. The number of para-hydroxylation sites is 2. The van der Waals surface area contributed by atoms with Crippen LogP contribution < -0.4 is 4.90 Å². The van der Waals surface area contributed by atoms with Crippen LogP contribution in [0.1, 0.15) is 57.4 Å². The van der Waals surface area contributed by atoms with E-state index in [4.69, 9.17) is 0 Å². The van der Waals surface area contributed by atoms with E-state index in [9.17, 15) is 0 Å². The van der Waals surface area contributed by atoms with E-state index in [1.165, 1.54) is 88.6 Å². The van der Waals surface area contributed by atoms with Gasteiger partial charge in [-0.15, -0.1) is 0 Å². The molecular formula is C61H50N2. The number of benzene rings is 9. The predicted molar refractivity (Wildman–Crippen MR) is 268 cm³/mol. The number of anilines is 3. The van der Waals surface area contributed by atoms with Gasteiger partial charge >= 0.3 is 0 Å². The fraction of sp³-hybridized carbons (Fsp3) is 0.115. The van der Waals surface area contributed by atoms with Gasteiger partial charge < -0.3 is 9.47 Å². The summed E-state index contributed by atoms with van der Waals surface area (Å²) in [5.41, 5.74) is 22.5. The third-order valence-corrected chi connectivity index (χ3v) is 14.0. The number of rotatable bonds is 6. The molecule has 304 valence electrons. The number of fused-ring (bicyclic) bond motifs is 9. The minimum Gasteiger partial charge on any atom is -0.310 e. The van der Waals surface area contributed by atoms with E-state index in [1.807, 2.05) is 0 Å². The molecule has 2 aliphatic carbocycles. The molecule has 0 aliphatic heterocycles. The summed E-state index contributed by atoms with van der Waals surface area (Å²) in [7, 11) is 0. The maximum absolute atomic E-state index is 2.44. The van der Waals surface area contributed by atoms with Crippen LogP contribution in [0.15, 0.2) is 206 Å². The normalized spacial score (nSPS) is 13.8. The molecule has 2 aliphatic rings. The maximum Gasteiger partial charge on any atom is 0.0547 e. The molecule has 0 unspecified atom stereocenters. The summed E-state index contributed by atoms with van der Waals surface area (Å²) in [6.07, 6.45) is 0. The van der Waals surface area contributed by atoms with E-state index in [-0.39, 0.29) is 18.3 Å². The number of aromatic nitrogens is 1. The summed E-state index contributed by atoms with van der Waals surface area (Å²) >= 11 is 0. The highest BCUT2D eigenvalue weighted by Gasteiger charge is 2.37. The van der Waals surface area contributed by atoms with E-state index in [1.54, 1.807) is 0 Å². The molecule has 12 rings (SSSR count). The Morgan fingerprint density at radius 1 is 0.349 bits per heavy atom. The van der Waals surface area contributed by atoms with Crippen molar-refractivity contribution in [3.8, 4) is 50.2 Å². The quantitative estimate of drug-likeness (QED) is 0.162. The molecule has 2 nitrogen and oxygen atoms in total. The summed E-state index contributed by atoms with van der Waals surface area (Å²) in [6.45, 7) is 9.42. The Labute approximate surface area is 371 Å². The van der Waals surface area contributed by atoms with Crippen molar-refractivity contribution in [2.45, 2.75) is 46.0 Å². The average Bonchev–Trinajstić information content (AvgIpc) is 3.86. The molecule has 1 aromatic heterocycles. The van der Waals surface area contributed by atoms with Crippen LogP contribution in [0, 0.1) is 0 Å². The Hall–Kier alpha value is -7.42. The molecule has 9 aromatic carbocycles. The summed E-state index contributed by atoms with van der Waals surface area (Å²) in [5.74, 6) is 0. The minimum absolute atomic E-state index is 0. The van der Waals surface area contributed by atoms with Crippen LogP contribution in [-0.4, -0.2) is 4.57 Å². The van der Waals surface area contributed by atoms with Crippen molar-refractivity contribution in [1.82, 2.24) is 4.57 Å². The molecular weight excluding hydrogens is 761 g/mol. The standard InChI is InChI=1S/C60H46N2.CH4/c1-59(2)52-24-11-8-20-47(52)51-38-45(33-35-54(51)59)61(44-19-14-16-41(36-44)46-23-15-26-55-58(46)50-22-9-12-25-53(50)60(55,3)4)43-31-28-39(29-32-43)40-30-34-49-48-21-10-13-27-56(48)62(57(49)37-40)42-17-6-5-7-18-42;/h5-38H,1-4H3;1H4. The molecule has 0 saturated carbocycles. The maximum atomic E-state index is 2.44. The van der Waals surface area contributed by atoms with Gasteiger partial charge in [-0.3, -0.25) is 0 Å². The Morgan fingerprint density at radius 2 is 0.921 bits per heavy atom. The van der Waals surface area contributed by atoms with Gasteiger partial charge in [0.1, 0.15) is 0 Å². The van der Waals surface area contributed by atoms with Crippen molar-refractivity contribution >= 4 is 38.9 Å². The Morgan fingerprint density at radius 3 is 1.73 bits per heavy atom. The fourth-order valence-electron chi connectivity index (χ4n) is 10.9. The van der Waals surface area contributed by atoms with Gasteiger partial charge in [0.25, 0.3) is 0 Å². The number of hydrogen-bond acceptors (Lipinski definition) is 1. The van der Waals surface area contributed by atoms with E-state index in [0.717, 1.165) is 22.7 Å². The van der Waals surface area contributed by atoms with Crippen LogP contribution >= 0.6 is 0 Å². The second-order valence-electron chi connectivity index (χ2n) is 18.2. The van der Waals surface area contributed by atoms with Crippen molar-refractivity contribution in [3.05, 3.63) is 229 Å². The highest BCUT2D eigenvalue weighted by molar-refractivity contribution is 6.10. The van der Waals surface area contributed by atoms with Gasteiger partial charge in [0, 0.05) is 44.4 Å². The molecule has 0 saturated heterocycles. The zero-order valence-electron chi connectivity index (χ0n) is 35.5. The third kappa shape index (κ3) is 5.78. The summed E-state index contributed by atoms with van der Waals surface area (Å²) in [5, 5.41) is 2.52. The van der Waals surface area contributed by atoms with Gasteiger partial charge in [-0.25, -0.2) is 0 Å². The Balaban J connectivity index is 0.00000444. The first-order valence-electron chi connectivity index (χ1n) is 21.8. The predicted octanol–water partition coefficient (Wildman–Crippen LogP) is 16.8. The van der Waals surface area contributed by atoms with E-state index < -0.39 is 0 Å². The van der Waals surface area contributed by atoms with Crippen molar-refractivity contribution in [1.29, 1.82) is 0 Å². The van der Waals surface area contributed by atoms with E-state index in [0.29, 0.717) is 0 Å². The first kappa shape index (κ1) is 38.5. The lowest BCUT2D eigenvalue weighted by Crippen LogP contribution is -2.15. The molecule has 0 radical (unpaired) electrons. The smallest absolute Gasteiger partial charge is 0.0547 e. The van der Waals surface area contributed by atoms with Crippen molar-refractivity contribution < 1.29 is 0 Å². The average molecular weight is 811 g/mol. The summed E-state index contributed by atoms with van der Waals surface area (Å²) in [6, 6.07) is 76.5. The lowest BCUT2D eigenvalue weighted by Gasteiger charge is -2.28. The molecule has 63 heavy (non-hydrogen) atoms. The molecule has 0 amide bonds. The van der Waals surface area contributed by atoms with Gasteiger partial charge in [-0.05, 0) is 127 Å². The third-order valence-electron chi connectivity index (χ3n) is 14.0. The van der Waals surface area contributed by atoms with Crippen LogP contribution in [0.4, 0.5) is 17.1 Å². The second-order valence-corrected chi connectivity index (χ2v) is 18.2. The Bertz CT molecular complexity index is 3400. The molecule has 0 N–H and O–H groups in total. The van der Waals surface area contributed by atoms with Crippen LogP contribution in [-0.2, 0) is 10.8 Å². The second kappa shape index (κ2) is 14.3. The van der Waals surface area contributed by atoms with E-state index >= 15 is 0 Å². The number of hydrogen-bond donors (Lipinski definition) is 0. The molecule has 1 heterocycles. The lowest BCUT2D eigenvalue weighted by atomic mass is 9.82. The lowest BCUT2D eigenvalue weighted by molar-refractivity contribution is 0.660. The summed E-state index contributed by atoms with van der Waals surface area (Å²) in [4.78, 5) is 2.44. The zero-order chi connectivity index (χ0) is 41.7. The van der Waals surface area contributed by atoms with Gasteiger partial charge in [-0.2, -0.15) is 0 Å². The van der Waals surface area contributed by atoms with Crippen molar-refractivity contribution in [2.75, 3.05) is 4.90 Å². The molecule has 10 aromatic rings. The van der Waals surface area contributed by atoms with Crippen LogP contribution in [0.5, 0.6) is 0 Å². The van der Waals surface area contributed by atoms with Crippen molar-refractivity contribution in [3.63, 3.8) is 0 Å². The zero-order valence-corrected chi connectivity index (χ0v) is 35.5. The molecule has 0 bridgehead atoms. The summed E-state index contributed by atoms with van der Waals surface area (Å²) < 4.78 is 2.40.